The van der Waals surface area contributed by atoms with Crippen LogP contribution in [-0.4, -0.2) is 5.78 Å². The molecule has 2 nitrogen and oxygen atoms in total. The van der Waals surface area contributed by atoms with E-state index in [9.17, 15) is 4.79 Å². The topological polar surface area (TPSA) is 43.1 Å². The molecule has 0 saturated heterocycles. The highest BCUT2D eigenvalue weighted by atomic mass is 16.1. The molecule has 1 aromatic carbocycles. The van der Waals surface area contributed by atoms with Crippen LogP contribution < -0.4 is 5.73 Å². The SMILES string of the molecule is CC(N)(C(=O)C1=CCCCC1)c1ccccc1. The zero-order chi connectivity index (χ0) is 12.3. The first-order chi connectivity index (χ1) is 8.12. The minimum Gasteiger partial charge on any atom is -0.315 e. The van der Waals surface area contributed by atoms with Crippen LogP contribution in [0.5, 0.6) is 0 Å². The second-order valence-corrected chi connectivity index (χ2v) is 4.87. The Morgan fingerprint density at radius 3 is 2.53 bits per heavy atom. The second-order valence-electron chi connectivity index (χ2n) is 4.87. The first kappa shape index (κ1) is 12.1. The lowest BCUT2D eigenvalue weighted by atomic mass is 9.82. The van der Waals surface area contributed by atoms with Gasteiger partial charge in [-0.05, 0) is 43.7 Å². The summed E-state index contributed by atoms with van der Waals surface area (Å²) in [5.41, 5.74) is 7.12. The molecule has 0 aliphatic heterocycles. The number of hydrogen-bond acceptors (Lipinski definition) is 2. The standard InChI is InChI=1S/C15H19NO/c1-15(16,13-10-6-3-7-11-13)14(17)12-8-4-2-5-9-12/h3,6-8,10-11H,2,4-5,9,16H2,1H3. The molecule has 1 aliphatic carbocycles. The summed E-state index contributed by atoms with van der Waals surface area (Å²) in [6.07, 6.45) is 6.22. The number of nitrogens with two attached hydrogens (primary N) is 1. The van der Waals surface area contributed by atoms with Gasteiger partial charge >= 0.3 is 0 Å². The lowest BCUT2D eigenvalue weighted by Gasteiger charge is -2.26. The largest absolute Gasteiger partial charge is 0.315 e. The summed E-state index contributed by atoms with van der Waals surface area (Å²) in [4.78, 5) is 12.4. The molecule has 0 amide bonds. The summed E-state index contributed by atoms with van der Waals surface area (Å²) in [5, 5.41) is 0. The molecular formula is C15H19NO. The molecule has 2 rings (SSSR count). The quantitative estimate of drug-likeness (QED) is 0.866. The van der Waals surface area contributed by atoms with Crippen molar-refractivity contribution in [2.24, 2.45) is 5.73 Å². The first-order valence-corrected chi connectivity index (χ1v) is 6.20. The minimum atomic E-state index is -0.898. The van der Waals surface area contributed by atoms with Gasteiger partial charge in [0.15, 0.2) is 5.78 Å². The predicted octanol–water partition coefficient (Wildman–Crippen LogP) is 2.93. The van der Waals surface area contributed by atoms with E-state index in [0.29, 0.717) is 0 Å². The van der Waals surface area contributed by atoms with Crippen LogP contribution in [0.2, 0.25) is 0 Å². The van der Waals surface area contributed by atoms with Gasteiger partial charge in [-0.3, -0.25) is 4.79 Å². The molecule has 0 heterocycles. The number of benzene rings is 1. The molecule has 0 radical (unpaired) electrons. The Kier molecular flexibility index (Phi) is 3.43. The molecule has 1 atom stereocenters. The Morgan fingerprint density at radius 2 is 1.94 bits per heavy atom. The Hall–Kier alpha value is -1.41. The van der Waals surface area contributed by atoms with Gasteiger partial charge in [-0.2, -0.15) is 0 Å². The fourth-order valence-electron chi connectivity index (χ4n) is 2.29. The third kappa shape index (κ3) is 2.47. The summed E-state index contributed by atoms with van der Waals surface area (Å²) in [6.45, 7) is 1.81. The van der Waals surface area contributed by atoms with E-state index in [4.69, 9.17) is 5.73 Å². The van der Waals surface area contributed by atoms with Crippen molar-refractivity contribution in [1.82, 2.24) is 0 Å². The van der Waals surface area contributed by atoms with Crippen molar-refractivity contribution in [2.45, 2.75) is 38.1 Å². The van der Waals surface area contributed by atoms with Gasteiger partial charge in [0.2, 0.25) is 0 Å². The molecule has 2 heteroatoms. The molecule has 0 spiro atoms. The molecule has 90 valence electrons. The van der Waals surface area contributed by atoms with E-state index >= 15 is 0 Å². The van der Waals surface area contributed by atoms with E-state index in [1.54, 1.807) is 6.92 Å². The van der Waals surface area contributed by atoms with E-state index in [-0.39, 0.29) is 5.78 Å². The average Bonchev–Trinajstić information content (AvgIpc) is 2.40. The van der Waals surface area contributed by atoms with Crippen molar-refractivity contribution < 1.29 is 4.79 Å². The second kappa shape index (κ2) is 4.84. The molecule has 0 fully saturated rings. The van der Waals surface area contributed by atoms with E-state index in [2.05, 4.69) is 6.08 Å². The lowest BCUT2D eigenvalue weighted by molar-refractivity contribution is -0.120. The van der Waals surface area contributed by atoms with Crippen LogP contribution >= 0.6 is 0 Å². The van der Waals surface area contributed by atoms with Crippen molar-refractivity contribution in [3.05, 3.63) is 47.5 Å². The third-order valence-electron chi connectivity index (χ3n) is 3.43. The summed E-state index contributed by atoms with van der Waals surface area (Å²) < 4.78 is 0. The average molecular weight is 229 g/mol. The Bertz CT molecular complexity index is 431. The Labute approximate surface area is 103 Å². The fourth-order valence-corrected chi connectivity index (χ4v) is 2.29. The maximum atomic E-state index is 12.4. The normalized spacial score (nSPS) is 19.3. The zero-order valence-electron chi connectivity index (χ0n) is 10.3. The van der Waals surface area contributed by atoms with Gasteiger partial charge in [-0.15, -0.1) is 0 Å². The fraction of sp³-hybridized carbons (Fsp3) is 0.400. The number of rotatable bonds is 3. The van der Waals surface area contributed by atoms with Crippen molar-refractivity contribution in [1.29, 1.82) is 0 Å². The number of carbonyl (C=O) groups excluding carboxylic acids is 1. The van der Waals surface area contributed by atoms with Crippen molar-refractivity contribution in [3.63, 3.8) is 0 Å². The van der Waals surface area contributed by atoms with Gasteiger partial charge in [-0.25, -0.2) is 0 Å². The Balaban J connectivity index is 2.26. The Morgan fingerprint density at radius 1 is 1.24 bits per heavy atom. The molecule has 0 aromatic heterocycles. The van der Waals surface area contributed by atoms with Crippen molar-refractivity contribution >= 4 is 5.78 Å². The number of hydrogen-bond donors (Lipinski definition) is 1. The van der Waals surface area contributed by atoms with Crippen molar-refractivity contribution in [3.8, 4) is 0 Å². The van der Waals surface area contributed by atoms with Crippen LogP contribution in [0.1, 0.15) is 38.2 Å². The van der Waals surface area contributed by atoms with Gasteiger partial charge in [0.25, 0.3) is 0 Å². The van der Waals surface area contributed by atoms with Crippen LogP contribution in [0.15, 0.2) is 42.0 Å². The molecule has 1 aromatic rings. The minimum absolute atomic E-state index is 0.0726. The summed E-state index contributed by atoms with van der Waals surface area (Å²) in [5.74, 6) is 0.0726. The number of ketones is 1. The highest BCUT2D eigenvalue weighted by Crippen LogP contribution is 2.27. The van der Waals surface area contributed by atoms with Crippen LogP contribution in [0.25, 0.3) is 0 Å². The van der Waals surface area contributed by atoms with Crippen LogP contribution in [0.4, 0.5) is 0 Å². The smallest absolute Gasteiger partial charge is 0.182 e. The maximum Gasteiger partial charge on any atom is 0.182 e. The van der Waals surface area contributed by atoms with E-state index in [0.717, 1.165) is 30.4 Å². The lowest BCUT2D eigenvalue weighted by Crippen LogP contribution is -2.42. The maximum absolute atomic E-state index is 12.4. The van der Waals surface area contributed by atoms with E-state index in [1.165, 1.54) is 6.42 Å². The molecule has 2 N–H and O–H groups in total. The molecule has 1 aliphatic rings. The molecule has 0 saturated carbocycles. The first-order valence-electron chi connectivity index (χ1n) is 6.20. The van der Waals surface area contributed by atoms with Gasteiger partial charge in [0, 0.05) is 0 Å². The summed E-state index contributed by atoms with van der Waals surface area (Å²) >= 11 is 0. The highest BCUT2D eigenvalue weighted by molar-refractivity contribution is 6.02. The summed E-state index contributed by atoms with van der Waals surface area (Å²) in [7, 11) is 0. The van der Waals surface area contributed by atoms with Crippen LogP contribution in [0, 0.1) is 0 Å². The highest BCUT2D eigenvalue weighted by Gasteiger charge is 2.32. The van der Waals surface area contributed by atoms with Gasteiger partial charge in [-0.1, -0.05) is 36.4 Å². The van der Waals surface area contributed by atoms with Gasteiger partial charge in [0.1, 0.15) is 5.54 Å². The zero-order valence-corrected chi connectivity index (χ0v) is 10.3. The van der Waals surface area contributed by atoms with Gasteiger partial charge in [0.05, 0.1) is 0 Å². The van der Waals surface area contributed by atoms with E-state index in [1.807, 2.05) is 30.3 Å². The number of allylic oxidation sites excluding steroid dienone is 1. The number of carbonyl (C=O) groups is 1. The third-order valence-corrected chi connectivity index (χ3v) is 3.43. The number of Topliss-reactive ketones (excluding diaryl/α,β-unsaturated/α-hetero) is 1. The monoisotopic (exact) mass is 229 g/mol. The molecule has 17 heavy (non-hydrogen) atoms. The molecule has 0 bridgehead atoms. The van der Waals surface area contributed by atoms with Crippen LogP contribution in [0.3, 0.4) is 0 Å². The predicted molar refractivity (Wildman–Crippen MR) is 69.5 cm³/mol. The van der Waals surface area contributed by atoms with Gasteiger partial charge < -0.3 is 5.73 Å². The van der Waals surface area contributed by atoms with Crippen molar-refractivity contribution in [2.75, 3.05) is 0 Å². The van der Waals surface area contributed by atoms with E-state index < -0.39 is 5.54 Å². The molecular weight excluding hydrogens is 210 g/mol. The molecule has 1 unspecified atom stereocenters. The van der Waals surface area contributed by atoms with Crippen LogP contribution in [-0.2, 0) is 10.3 Å². The summed E-state index contributed by atoms with van der Waals surface area (Å²) in [6, 6.07) is 9.61.